The molecule has 0 aromatic carbocycles. The Morgan fingerprint density at radius 2 is 1.40 bits per heavy atom. The molecule has 118 valence electrons. The lowest BCUT2D eigenvalue weighted by Crippen LogP contribution is -2.34. The Morgan fingerprint density at radius 3 is 1.75 bits per heavy atom. The molecule has 0 atom stereocenters. The number of rotatable bonds is 11. The van der Waals surface area contributed by atoms with Gasteiger partial charge >= 0.3 is 11.9 Å². The Hall–Kier alpha value is -1.06. The van der Waals surface area contributed by atoms with Gasteiger partial charge in [0.1, 0.15) is 0 Å². The van der Waals surface area contributed by atoms with Crippen molar-refractivity contribution in [3.63, 3.8) is 0 Å². The molecule has 0 rings (SSSR count). The van der Waals surface area contributed by atoms with Crippen LogP contribution in [0, 0.1) is 17.3 Å². The third kappa shape index (κ3) is 7.51. The summed E-state index contributed by atoms with van der Waals surface area (Å²) in [5.74, 6) is -0.773. The fourth-order valence-corrected chi connectivity index (χ4v) is 3.05. The quantitative estimate of drug-likeness (QED) is 0.559. The number of hydrogen-bond donors (Lipinski definition) is 2. The first-order chi connectivity index (χ1) is 9.19. The third-order valence-electron chi connectivity index (χ3n) is 3.60. The van der Waals surface area contributed by atoms with E-state index in [0.29, 0.717) is 37.5 Å². The van der Waals surface area contributed by atoms with E-state index in [-0.39, 0.29) is 6.42 Å². The highest BCUT2D eigenvalue weighted by molar-refractivity contribution is 5.74. The summed E-state index contributed by atoms with van der Waals surface area (Å²) in [6.45, 7) is 8.23. The van der Waals surface area contributed by atoms with Crippen LogP contribution in [0.3, 0.4) is 0 Å². The lowest BCUT2D eigenvalue weighted by molar-refractivity contribution is -0.152. The molecule has 2 N–H and O–H groups in total. The van der Waals surface area contributed by atoms with Gasteiger partial charge in [-0.3, -0.25) is 9.59 Å². The molecule has 0 aromatic heterocycles. The normalized spacial score (nSPS) is 12.1. The molecule has 0 aliphatic heterocycles. The van der Waals surface area contributed by atoms with Gasteiger partial charge in [0, 0.05) is 6.42 Å². The van der Waals surface area contributed by atoms with Crippen LogP contribution in [0.15, 0.2) is 0 Å². The van der Waals surface area contributed by atoms with Crippen molar-refractivity contribution in [3.05, 3.63) is 0 Å². The van der Waals surface area contributed by atoms with Crippen LogP contribution in [0.1, 0.15) is 72.6 Å². The lowest BCUT2D eigenvalue weighted by Gasteiger charge is -2.33. The molecule has 0 spiro atoms. The number of carboxylic acid groups (broad SMARTS) is 2. The van der Waals surface area contributed by atoms with Gasteiger partial charge in [-0.1, -0.05) is 40.5 Å². The molecule has 20 heavy (non-hydrogen) atoms. The summed E-state index contributed by atoms with van der Waals surface area (Å²) in [6.07, 6.45) is 4.43. The molecule has 0 amide bonds. The van der Waals surface area contributed by atoms with Crippen molar-refractivity contribution in [2.45, 2.75) is 72.6 Å². The standard InChI is InChI=1S/C16H30O4/c1-12(2)10-16(15(19)20,11-13(3)4)9-7-5-6-8-14(17)18/h12-13H,5-11H2,1-4H3,(H,17,18)(H,19,20). The number of hydrogen-bond acceptors (Lipinski definition) is 2. The van der Waals surface area contributed by atoms with Crippen LogP contribution >= 0.6 is 0 Å². The molecule has 0 bridgehead atoms. The lowest BCUT2D eigenvalue weighted by atomic mass is 9.71. The van der Waals surface area contributed by atoms with Gasteiger partial charge in [-0.15, -0.1) is 0 Å². The minimum Gasteiger partial charge on any atom is -0.481 e. The van der Waals surface area contributed by atoms with Crippen molar-refractivity contribution in [1.29, 1.82) is 0 Å². The Morgan fingerprint density at radius 1 is 0.900 bits per heavy atom. The molecular weight excluding hydrogens is 256 g/mol. The van der Waals surface area contributed by atoms with E-state index >= 15 is 0 Å². The third-order valence-corrected chi connectivity index (χ3v) is 3.60. The van der Waals surface area contributed by atoms with Gasteiger partial charge in [0.15, 0.2) is 0 Å². The first kappa shape index (κ1) is 18.9. The van der Waals surface area contributed by atoms with Crippen LogP contribution in [0.25, 0.3) is 0 Å². The fourth-order valence-electron chi connectivity index (χ4n) is 3.05. The zero-order chi connectivity index (χ0) is 15.8. The molecule has 0 aromatic rings. The van der Waals surface area contributed by atoms with Crippen LogP contribution in [0.5, 0.6) is 0 Å². The molecule has 4 nitrogen and oxygen atoms in total. The summed E-state index contributed by atoms with van der Waals surface area (Å²) in [4.78, 5) is 22.2. The minimum absolute atomic E-state index is 0.175. The van der Waals surface area contributed by atoms with Crippen LogP contribution < -0.4 is 0 Å². The van der Waals surface area contributed by atoms with E-state index in [1.54, 1.807) is 0 Å². The van der Waals surface area contributed by atoms with Gasteiger partial charge in [0.2, 0.25) is 0 Å². The predicted octanol–water partition coefficient (Wildman–Crippen LogP) is 4.18. The van der Waals surface area contributed by atoms with Gasteiger partial charge in [-0.2, -0.15) is 0 Å². The number of carboxylic acids is 2. The second-order valence-electron chi connectivity index (χ2n) is 6.74. The highest BCUT2D eigenvalue weighted by atomic mass is 16.4. The molecule has 0 saturated heterocycles. The van der Waals surface area contributed by atoms with Crippen molar-refractivity contribution in [3.8, 4) is 0 Å². The monoisotopic (exact) mass is 286 g/mol. The van der Waals surface area contributed by atoms with Gasteiger partial charge < -0.3 is 10.2 Å². The second kappa shape index (κ2) is 8.98. The van der Waals surface area contributed by atoms with Crippen molar-refractivity contribution >= 4 is 11.9 Å². The Bertz CT molecular complexity index is 298. The fraction of sp³-hybridized carbons (Fsp3) is 0.875. The van der Waals surface area contributed by atoms with E-state index in [1.807, 2.05) is 0 Å². The molecule has 0 heterocycles. The topological polar surface area (TPSA) is 74.6 Å². The van der Waals surface area contributed by atoms with E-state index in [2.05, 4.69) is 27.7 Å². The Labute approximate surface area is 122 Å². The maximum absolute atomic E-state index is 11.8. The van der Waals surface area contributed by atoms with Gasteiger partial charge in [0.25, 0.3) is 0 Å². The largest absolute Gasteiger partial charge is 0.481 e. The van der Waals surface area contributed by atoms with Crippen LogP contribution in [0.2, 0.25) is 0 Å². The molecule has 0 aliphatic carbocycles. The van der Waals surface area contributed by atoms with Crippen molar-refractivity contribution in [2.24, 2.45) is 17.3 Å². The Kier molecular flexibility index (Phi) is 8.51. The highest BCUT2D eigenvalue weighted by Crippen LogP contribution is 2.39. The smallest absolute Gasteiger partial charge is 0.309 e. The summed E-state index contributed by atoms with van der Waals surface area (Å²) in [5, 5.41) is 18.3. The maximum Gasteiger partial charge on any atom is 0.309 e. The van der Waals surface area contributed by atoms with E-state index in [1.165, 1.54) is 0 Å². The van der Waals surface area contributed by atoms with E-state index in [4.69, 9.17) is 5.11 Å². The van der Waals surface area contributed by atoms with Crippen molar-refractivity contribution < 1.29 is 19.8 Å². The van der Waals surface area contributed by atoms with E-state index in [9.17, 15) is 14.7 Å². The van der Waals surface area contributed by atoms with E-state index in [0.717, 1.165) is 12.8 Å². The van der Waals surface area contributed by atoms with Crippen molar-refractivity contribution in [2.75, 3.05) is 0 Å². The second-order valence-corrected chi connectivity index (χ2v) is 6.74. The maximum atomic E-state index is 11.8. The zero-order valence-electron chi connectivity index (χ0n) is 13.3. The van der Waals surface area contributed by atoms with Gasteiger partial charge in [0.05, 0.1) is 5.41 Å². The van der Waals surface area contributed by atoms with Crippen molar-refractivity contribution in [1.82, 2.24) is 0 Å². The first-order valence-electron chi connectivity index (χ1n) is 7.65. The molecule has 0 radical (unpaired) electrons. The number of aliphatic carboxylic acids is 2. The summed E-state index contributed by atoms with van der Waals surface area (Å²) >= 11 is 0. The molecular formula is C16H30O4. The summed E-state index contributed by atoms with van der Waals surface area (Å²) in [7, 11) is 0. The van der Waals surface area contributed by atoms with Gasteiger partial charge in [-0.05, 0) is 37.5 Å². The van der Waals surface area contributed by atoms with Crippen LogP contribution in [0.4, 0.5) is 0 Å². The summed E-state index contributed by atoms with van der Waals surface area (Å²) < 4.78 is 0. The average Bonchev–Trinajstić information content (AvgIpc) is 2.25. The number of carbonyl (C=O) groups is 2. The van der Waals surface area contributed by atoms with Crippen LogP contribution in [-0.4, -0.2) is 22.2 Å². The molecule has 0 aliphatic rings. The summed E-state index contributed by atoms with van der Waals surface area (Å²) in [5.41, 5.74) is -0.647. The SMILES string of the molecule is CC(C)CC(CCCCCC(=O)O)(CC(C)C)C(=O)O. The molecule has 0 saturated carbocycles. The molecule has 0 unspecified atom stereocenters. The first-order valence-corrected chi connectivity index (χ1v) is 7.65. The minimum atomic E-state index is -0.779. The predicted molar refractivity (Wildman–Crippen MR) is 79.7 cm³/mol. The number of unbranched alkanes of at least 4 members (excludes halogenated alkanes) is 2. The van der Waals surface area contributed by atoms with Gasteiger partial charge in [-0.25, -0.2) is 0 Å². The summed E-state index contributed by atoms with van der Waals surface area (Å²) in [6, 6.07) is 0. The molecule has 0 fully saturated rings. The Balaban J connectivity index is 4.57. The zero-order valence-corrected chi connectivity index (χ0v) is 13.3. The van der Waals surface area contributed by atoms with E-state index < -0.39 is 17.4 Å². The van der Waals surface area contributed by atoms with Crippen LogP contribution in [-0.2, 0) is 9.59 Å². The highest BCUT2D eigenvalue weighted by Gasteiger charge is 2.38. The average molecular weight is 286 g/mol. The molecule has 4 heteroatoms.